The van der Waals surface area contributed by atoms with Crippen LogP contribution in [0.3, 0.4) is 0 Å². The maximum atomic E-state index is 5.92. The van der Waals surface area contributed by atoms with Gasteiger partial charge < -0.3 is 25.2 Å². The second kappa shape index (κ2) is 8.50. The molecule has 3 saturated heterocycles. The minimum Gasteiger partial charge on any atom is -0.373 e. The topological polar surface area (TPSA) is 52.1 Å². The van der Waals surface area contributed by atoms with Crippen molar-refractivity contribution >= 4 is 5.96 Å². The van der Waals surface area contributed by atoms with E-state index >= 15 is 0 Å². The third-order valence-corrected chi connectivity index (χ3v) is 5.75. The van der Waals surface area contributed by atoms with Gasteiger partial charge in [-0.25, -0.2) is 0 Å². The lowest BCUT2D eigenvalue weighted by Crippen LogP contribution is -2.50. The summed E-state index contributed by atoms with van der Waals surface area (Å²) in [6.45, 7) is 12.7. The molecule has 4 unspecified atom stereocenters. The minimum absolute atomic E-state index is 0.390. The first-order valence-corrected chi connectivity index (χ1v) is 9.75. The fraction of sp³-hybridized carbons (Fsp3) is 0.944. The summed E-state index contributed by atoms with van der Waals surface area (Å²) >= 11 is 0. The average molecular weight is 338 g/mol. The van der Waals surface area contributed by atoms with Crippen LogP contribution in [0.1, 0.15) is 33.1 Å². The number of aliphatic imine (C=N–C) groups is 1. The predicted octanol–water partition coefficient (Wildman–Crippen LogP) is 0.745. The summed E-state index contributed by atoms with van der Waals surface area (Å²) in [5.41, 5.74) is 0. The molecule has 6 heteroatoms. The number of rotatable bonds is 6. The van der Waals surface area contributed by atoms with E-state index in [1.165, 1.54) is 52.1 Å². The van der Waals surface area contributed by atoms with Gasteiger partial charge in [-0.15, -0.1) is 0 Å². The van der Waals surface area contributed by atoms with Crippen LogP contribution in [0, 0.1) is 5.92 Å². The van der Waals surface area contributed by atoms with Gasteiger partial charge >= 0.3 is 0 Å². The smallest absolute Gasteiger partial charge is 0.191 e. The molecule has 0 aromatic carbocycles. The second-order valence-corrected chi connectivity index (χ2v) is 7.65. The molecule has 138 valence electrons. The van der Waals surface area contributed by atoms with E-state index in [9.17, 15) is 0 Å². The van der Waals surface area contributed by atoms with E-state index in [1.807, 2.05) is 7.05 Å². The van der Waals surface area contributed by atoms with Gasteiger partial charge in [0.15, 0.2) is 5.96 Å². The normalized spacial score (nSPS) is 33.0. The molecule has 0 amide bonds. The third kappa shape index (κ3) is 4.61. The molecule has 3 rings (SSSR count). The van der Waals surface area contributed by atoms with Gasteiger partial charge in [0, 0.05) is 46.3 Å². The van der Waals surface area contributed by atoms with Crippen LogP contribution < -0.4 is 10.6 Å². The molecule has 3 heterocycles. The van der Waals surface area contributed by atoms with Crippen molar-refractivity contribution in [3.05, 3.63) is 0 Å². The standard InChI is InChI=1S/C18H35N5O/c1-4-22-7-9-23(10-8-22)13-14(2)12-20-18(19-3)21-16-11-15-5-6-17(16)24-15/h14-17H,4-13H2,1-3H3,(H2,19,20,21). The molecule has 0 aliphatic carbocycles. The summed E-state index contributed by atoms with van der Waals surface area (Å²) in [6, 6.07) is 0.437. The van der Waals surface area contributed by atoms with Gasteiger partial charge in [0.05, 0.1) is 18.2 Å². The molecule has 6 nitrogen and oxygen atoms in total. The number of hydrogen-bond donors (Lipinski definition) is 2. The maximum Gasteiger partial charge on any atom is 0.191 e. The van der Waals surface area contributed by atoms with E-state index < -0.39 is 0 Å². The molecule has 3 aliphatic heterocycles. The molecule has 4 atom stereocenters. The molecular formula is C18H35N5O. The average Bonchev–Trinajstić information content (AvgIpc) is 3.22. The Morgan fingerprint density at radius 3 is 2.54 bits per heavy atom. The Morgan fingerprint density at radius 2 is 1.96 bits per heavy atom. The van der Waals surface area contributed by atoms with E-state index in [4.69, 9.17) is 4.74 Å². The second-order valence-electron chi connectivity index (χ2n) is 7.65. The Morgan fingerprint density at radius 1 is 1.21 bits per heavy atom. The first-order chi connectivity index (χ1) is 11.7. The molecule has 24 heavy (non-hydrogen) atoms. The monoisotopic (exact) mass is 337 g/mol. The molecule has 2 bridgehead atoms. The van der Waals surface area contributed by atoms with Gasteiger partial charge in [0.2, 0.25) is 0 Å². The first kappa shape index (κ1) is 18.0. The summed E-state index contributed by atoms with van der Waals surface area (Å²) < 4.78 is 5.92. The highest BCUT2D eigenvalue weighted by Crippen LogP contribution is 2.34. The Hall–Kier alpha value is -0.850. The number of ether oxygens (including phenoxy) is 1. The van der Waals surface area contributed by atoms with Crippen LogP contribution in [0.25, 0.3) is 0 Å². The van der Waals surface area contributed by atoms with Crippen LogP contribution >= 0.6 is 0 Å². The zero-order valence-electron chi connectivity index (χ0n) is 15.6. The quantitative estimate of drug-likeness (QED) is 0.553. The van der Waals surface area contributed by atoms with Crippen molar-refractivity contribution in [3.8, 4) is 0 Å². The molecule has 2 N–H and O–H groups in total. The number of nitrogens with zero attached hydrogens (tertiary/aromatic N) is 3. The van der Waals surface area contributed by atoms with Crippen molar-refractivity contribution in [2.45, 2.75) is 51.4 Å². The van der Waals surface area contributed by atoms with E-state index in [-0.39, 0.29) is 0 Å². The van der Waals surface area contributed by atoms with E-state index in [0.29, 0.717) is 24.2 Å². The van der Waals surface area contributed by atoms with Crippen molar-refractivity contribution in [1.82, 2.24) is 20.4 Å². The number of nitrogens with one attached hydrogen (secondary N) is 2. The van der Waals surface area contributed by atoms with Gasteiger partial charge in [-0.2, -0.15) is 0 Å². The Balaban J connectivity index is 1.35. The van der Waals surface area contributed by atoms with Crippen LogP contribution in [0.15, 0.2) is 4.99 Å². The first-order valence-electron chi connectivity index (χ1n) is 9.75. The van der Waals surface area contributed by atoms with Gasteiger partial charge in [-0.3, -0.25) is 4.99 Å². The Bertz CT molecular complexity index is 422. The fourth-order valence-corrected chi connectivity index (χ4v) is 4.22. The van der Waals surface area contributed by atoms with Gasteiger partial charge in [0.25, 0.3) is 0 Å². The predicted molar refractivity (Wildman–Crippen MR) is 98.5 cm³/mol. The highest BCUT2D eigenvalue weighted by Gasteiger charge is 2.41. The maximum absolute atomic E-state index is 5.92. The van der Waals surface area contributed by atoms with Crippen molar-refractivity contribution in [2.75, 3.05) is 52.9 Å². The van der Waals surface area contributed by atoms with Crippen LogP contribution in [0.4, 0.5) is 0 Å². The summed E-state index contributed by atoms with van der Waals surface area (Å²) in [4.78, 5) is 9.52. The van der Waals surface area contributed by atoms with Crippen molar-refractivity contribution in [1.29, 1.82) is 0 Å². The van der Waals surface area contributed by atoms with Crippen LogP contribution in [-0.2, 0) is 4.74 Å². The van der Waals surface area contributed by atoms with Gasteiger partial charge in [-0.1, -0.05) is 13.8 Å². The fourth-order valence-electron chi connectivity index (χ4n) is 4.22. The summed E-state index contributed by atoms with van der Waals surface area (Å²) in [7, 11) is 1.86. The number of fused-ring (bicyclic) bond motifs is 2. The molecule has 3 fully saturated rings. The van der Waals surface area contributed by atoms with Crippen molar-refractivity contribution < 1.29 is 4.74 Å². The molecule has 3 aliphatic rings. The number of piperazine rings is 1. The summed E-state index contributed by atoms with van der Waals surface area (Å²) in [5.74, 6) is 1.55. The number of likely N-dealkylation sites (N-methyl/N-ethyl adjacent to an activating group) is 1. The summed E-state index contributed by atoms with van der Waals surface area (Å²) in [6.07, 6.45) is 4.42. The lowest BCUT2D eigenvalue weighted by Gasteiger charge is -2.35. The Kier molecular flexibility index (Phi) is 6.36. The van der Waals surface area contributed by atoms with Crippen molar-refractivity contribution in [2.24, 2.45) is 10.9 Å². The SMILES string of the molecule is CCN1CCN(CC(C)CNC(=NC)NC2CC3CCC2O3)CC1. The van der Waals surface area contributed by atoms with E-state index in [0.717, 1.165) is 18.9 Å². The zero-order chi connectivity index (χ0) is 16.9. The van der Waals surface area contributed by atoms with Crippen LogP contribution in [0.2, 0.25) is 0 Å². The Labute approximate surface area is 147 Å². The molecule has 0 aromatic heterocycles. The van der Waals surface area contributed by atoms with Gasteiger partial charge in [0.1, 0.15) is 0 Å². The molecule has 0 aromatic rings. The lowest BCUT2D eigenvalue weighted by molar-refractivity contribution is 0.0992. The van der Waals surface area contributed by atoms with Crippen molar-refractivity contribution in [3.63, 3.8) is 0 Å². The third-order valence-electron chi connectivity index (χ3n) is 5.75. The van der Waals surface area contributed by atoms with Gasteiger partial charge in [-0.05, 0) is 31.7 Å². The highest BCUT2D eigenvalue weighted by molar-refractivity contribution is 5.80. The molecule has 0 saturated carbocycles. The minimum atomic E-state index is 0.390. The van der Waals surface area contributed by atoms with E-state index in [2.05, 4.69) is 39.3 Å². The van der Waals surface area contributed by atoms with Crippen LogP contribution in [0.5, 0.6) is 0 Å². The summed E-state index contributed by atoms with van der Waals surface area (Å²) in [5, 5.41) is 7.07. The molecular weight excluding hydrogens is 302 g/mol. The largest absolute Gasteiger partial charge is 0.373 e. The highest BCUT2D eigenvalue weighted by atomic mass is 16.5. The molecule has 0 spiro atoms. The lowest BCUT2D eigenvalue weighted by atomic mass is 9.96. The zero-order valence-corrected chi connectivity index (χ0v) is 15.6. The van der Waals surface area contributed by atoms with E-state index in [1.54, 1.807) is 0 Å². The number of hydrogen-bond acceptors (Lipinski definition) is 4. The number of guanidine groups is 1. The molecule has 0 radical (unpaired) electrons. The van der Waals surface area contributed by atoms with Crippen LogP contribution in [-0.4, -0.2) is 86.9 Å².